The molecule has 1 unspecified atom stereocenters. The number of carbonyl (C=O) groups excluding carboxylic acids is 1. The van der Waals surface area contributed by atoms with Crippen LogP contribution in [0.3, 0.4) is 0 Å². The van der Waals surface area contributed by atoms with Crippen LogP contribution in [0.4, 0.5) is 5.82 Å². The molecule has 1 aliphatic heterocycles. The Morgan fingerprint density at radius 3 is 2.78 bits per heavy atom. The summed E-state index contributed by atoms with van der Waals surface area (Å²) in [6.45, 7) is 1.42. The highest BCUT2D eigenvalue weighted by molar-refractivity contribution is 7.98. The Morgan fingerprint density at radius 2 is 2.09 bits per heavy atom. The molecular formula is C16H24N4O2S. The van der Waals surface area contributed by atoms with E-state index in [1.165, 1.54) is 11.8 Å². The maximum atomic E-state index is 12.3. The van der Waals surface area contributed by atoms with Gasteiger partial charge in [0.15, 0.2) is 5.16 Å². The molecule has 7 heteroatoms. The third kappa shape index (κ3) is 4.57. The maximum absolute atomic E-state index is 12.3. The maximum Gasteiger partial charge on any atom is 0.223 e. The minimum absolute atomic E-state index is 0.140. The number of anilines is 1. The predicted octanol–water partition coefficient (Wildman–Crippen LogP) is 2.07. The van der Waals surface area contributed by atoms with Gasteiger partial charge in [-0.05, 0) is 44.4 Å². The molecule has 1 aromatic heterocycles. The summed E-state index contributed by atoms with van der Waals surface area (Å²) < 4.78 is 5.31. The van der Waals surface area contributed by atoms with Crippen molar-refractivity contribution in [3.63, 3.8) is 0 Å². The Morgan fingerprint density at radius 1 is 1.26 bits per heavy atom. The Bertz CT molecular complexity index is 529. The second-order valence-electron chi connectivity index (χ2n) is 6.19. The molecular weight excluding hydrogens is 312 g/mol. The van der Waals surface area contributed by atoms with Crippen LogP contribution in [0.25, 0.3) is 0 Å². The van der Waals surface area contributed by atoms with Gasteiger partial charge in [0.05, 0.1) is 12.6 Å². The number of rotatable bonds is 5. The van der Waals surface area contributed by atoms with Gasteiger partial charge in [-0.1, -0.05) is 11.8 Å². The Labute approximate surface area is 141 Å². The van der Waals surface area contributed by atoms with Gasteiger partial charge in [0.2, 0.25) is 5.91 Å². The summed E-state index contributed by atoms with van der Waals surface area (Å²) in [6, 6.07) is 2.50. The number of nitrogens with one attached hydrogen (secondary N) is 2. The van der Waals surface area contributed by atoms with Crippen LogP contribution in [0, 0.1) is 5.92 Å². The zero-order chi connectivity index (χ0) is 16.1. The minimum Gasteiger partial charge on any atom is -0.379 e. The highest BCUT2D eigenvalue weighted by atomic mass is 32.2. The Kier molecular flexibility index (Phi) is 5.72. The molecule has 2 fully saturated rings. The molecule has 0 aromatic carbocycles. The van der Waals surface area contributed by atoms with Crippen molar-refractivity contribution in [1.82, 2.24) is 15.3 Å². The summed E-state index contributed by atoms with van der Waals surface area (Å²) in [5.41, 5.74) is 0. The van der Waals surface area contributed by atoms with Crippen molar-refractivity contribution >= 4 is 23.5 Å². The number of aromatic nitrogens is 2. The molecule has 0 bridgehead atoms. The van der Waals surface area contributed by atoms with Gasteiger partial charge in [0.1, 0.15) is 5.82 Å². The highest BCUT2D eigenvalue weighted by Gasteiger charge is 2.28. The standard InChI is InChI=1S/C16H24N4O2S/c1-23-16-17-8-6-14(20-16)18-12-4-2-11(3-5-12)15(21)19-13-7-9-22-10-13/h6,8,11-13H,2-5,7,9-10H2,1H3,(H,19,21)(H,17,18,20). The highest BCUT2D eigenvalue weighted by Crippen LogP contribution is 2.27. The van der Waals surface area contributed by atoms with Crippen molar-refractivity contribution in [2.75, 3.05) is 24.8 Å². The lowest BCUT2D eigenvalue weighted by molar-refractivity contribution is -0.126. The van der Waals surface area contributed by atoms with Gasteiger partial charge in [-0.25, -0.2) is 9.97 Å². The number of thioether (sulfide) groups is 1. The van der Waals surface area contributed by atoms with E-state index in [4.69, 9.17) is 4.74 Å². The van der Waals surface area contributed by atoms with Gasteiger partial charge in [-0.2, -0.15) is 0 Å². The third-order valence-corrected chi connectivity index (χ3v) is 5.10. The van der Waals surface area contributed by atoms with Crippen molar-refractivity contribution in [3.8, 4) is 0 Å². The van der Waals surface area contributed by atoms with Crippen molar-refractivity contribution in [2.24, 2.45) is 5.92 Å². The monoisotopic (exact) mass is 336 g/mol. The number of hydrogen-bond acceptors (Lipinski definition) is 6. The summed E-state index contributed by atoms with van der Waals surface area (Å²) in [4.78, 5) is 20.9. The van der Waals surface area contributed by atoms with E-state index in [1.54, 1.807) is 6.20 Å². The second kappa shape index (κ2) is 7.97. The normalized spacial score (nSPS) is 27.6. The zero-order valence-corrected chi connectivity index (χ0v) is 14.3. The quantitative estimate of drug-likeness (QED) is 0.633. The largest absolute Gasteiger partial charge is 0.379 e. The van der Waals surface area contributed by atoms with Crippen LogP contribution in [0.15, 0.2) is 17.4 Å². The van der Waals surface area contributed by atoms with Crippen LogP contribution in [-0.4, -0.2) is 47.4 Å². The van der Waals surface area contributed by atoms with Crippen LogP contribution in [0.1, 0.15) is 32.1 Å². The fourth-order valence-electron chi connectivity index (χ4n) is 3.20. The summed E-state index contributed by atoms with van der Waals surface area (Å²) in [5, 5.41) is 7.37. The lowest BCUT2D eigenvalue weighted by Crippen LogP contribution is -2.41. The molecule has 2 N–H and O–H groups in total. The van der Waals surface area contributed by atoms with E-state index in [0.29, 0.717) is 12.6 Å². The topological polar surface area (TPSA) is 76.1 Å². The summed E-state index contributed by atoms with van der Waals surface area (Å²) in [5.74, 6) is 1.21. The number of ether oxygens (including phenoxy) is 1. The van der Waals surface area contributed by atoms with Gasteiger partial charge in [-0.3, -0.25) is 4.79 Å². The van der Waals surface area contributed by atoms with Gasteiger partial charge < -0.3 is 15.4 Å². The second-order valence-corrected chi connectivity index (χ2v) is 6.96. The molecule has 1 atom stereocenters. The summed E-state index contributed by atoms with van der Waals surface area (Å²) >= 11 is 1.54. The first-order valence-corrected chi connectivity index (χ1v) is 9.49. The van der Waals surface area contributed by atoms with E-state index >= 15 is 0 Å². The first-order valence-electron chi connectivity index (χ1n) is 8.26. The Balaban J connectivity index is 1.45. The average molecular weight is 336 g/mol. The first-order chi connectivity index (χ1) is 11.2. The van der Waals surface area contributed by atoms with Gasteiger partial charge in [0, 0.05) is 24.8 Å². The molecule has 2 heterocycles. The van der Waals surface area contributed by atoms with Crippen molar-refractivity contribution < 1.29 is 9.53 Å². The lowest BCUT2D eigenvalue weighted by atomic mass is 9.85. The minimum atomic E-state index is 0.140. The summed E-state index contributed by atoms with van der Waals surface area (Å²) in [6.07, 6.45) is 8.54. The van der Waals surface area contributed by atoms with Gasteiger partial charge in [-0.15, -0.1) is 0 Å². The number of hydrogen-bond donors (Lipinski definition) is 2. The molecule has 0 spiro atoms. The van der Waals surface area contributed by atoms with E-state index in [1.807, 2.05) is 12.3 Å². The zero-order valence-electron chi connectivity index (χ0n) is 13.5. The molecule has 126 valence electrons. The number of nitrogens with zero attached hydrogens (tertiary/aromatic N) is 2. The first kappa shape index (κ1) is 16.5. The molecule has 2 aliphatic rings. The van der Waals surface area contributed by atoms with Crippen LogP contribution >= 0.6 is 11.8 Å². The number of carbonyl (C=O) groups is 1. The Hall–Kier alpha value is -1.34. The van der Waals surface area contributed by atoms with Crippen LogP contribution in [0.2, 0.25) is 0 Å². The third-order valence-electron chi connectivity index (χ3n) is 4.54. The fourth-order valence-corrected chi connectivity index (χ4v) is 3.55. The van der Waals surface area contributed by atoms with E-state index in [9.17, 15) is 4.79 Å². The van der Waals surface area contributed by atoms with Crippen LogP contribution in [0.5, 0.6) is 0 Å². The lowest BCUT2D eigenvalue weighted by Gasteiger charge is -2.29. The molecule has 3 rings (SSSR count). The van der Waals surface area contributed by atoms with E-state index in [0.717, 1.165) is 49.7 Å². The van der Waals surface area contributed by atoms with E-state index in [-0.39, 0.29) is 17.9 Å². The fraction of sp³-hybridized carbons (Fsp3) is 0.688. The molecule has 1 aromatic rings. The molecule has 1 amide bonds. The smallest absolute Gasteiger partial charge is 0.223 e. The van der Waals surface area contributed by atoms with E-state index < -0.39 is 0 Å². The molecule has 1 aliphatic carbocycles. The summed E-state index contributed by atoms with van der Waals surface area (Å²) in [7, 11) is 0. The average Bonchev–Trinajstić information content (AvgIpc) is 3.08. The molecule has 23 heavy (non-hydrogen) atoms. The molecule has 1 saturated carbocycles. The number of amides is 1. The van der Waals surface area contributed by atoms with Crippen molar-refractivity contribution in [1.29, 1.82) is 0 Å². The van der Waals surface area contributed by atoms with Crippen LogP contribution in [-0.2, 0) is 9.53 Å². The van der Waals surface area contributed by atoms with Crippen LogP contribution < -0.4 is 10.6 Å². The van der Waals surface area contributed by atoms with Gasteiger partial charge in [0.25, 0.3) is 0 Å². The molecule has 0 radical (unpaired) electrons. The molecule has 1 saturated heterocycles. The van der Waals surface area contributed by atoms with Crippen molar-refractivity contribution in [3.05, 3.63) is 12.3 Å². The SMILES string of the molecule is CSc1nccc(NC2CCC(C(=O)NC3CCOC3)CC2)n1. The van der Waals surface area contributed by atoms with Crippen molar-refractivity contribution in [2.45, 2.75) is 49.3 Å². The predicted molar refractivity (Wildman–Crippen MR) is 90.5 cm³/mol. The van der Waals surface area contributed by atoms with Gasteiger partial charge >= 0.3 is 0 Å². The molecule has 6 nitrogen and oxygen atoms in total. The van der Waals surface area contributed by atoms with E-state index in [2.05, 4.69) is 20.6 Å².